The van der Waals surface area contributed by atoms with Crippen LogP contribution in [0.25, 0.3) is 0 Å². The predicted octanol–water partition coefficient (Wildman–Crippen LogP) is 3.47. The van der Waals surface area contributed by atoms with Crippen molar-refractivity contribution in [3.63, 3.8) is 0 Å². The number of carbonyl (C=O) groups is 2. The third kappa shape index (κ3) is 5.60. The van der Waals surface area contributed by atoms with Crippen LogP contribution < -0.4 is 5.73 Å². The van der Waals surface area contributed by atoms with Crippen LogP contribution in [0.5, 0.6) is 0 Å². The van der Waals surface area contributed by atoms with Crippen molar-refractivity contribution in [2.45, 2.75) is 83.8 Å². The summed E-state index contributed by atoms with van der Waals surface area (Å²) < 4.78 is 10.6. The number of amides is 1. The van der Waals surface area contributed by atoms with Gasteiger partial charge in [-0.15, -0.1) is 0 Å². The number of ether oxygens (including phenoxy) is 2. The van der Waals surface area contributed by atoms with Crippen molar-refractivity contribution in [2.75, 3.05) is 20.2 Å². The van der Waals surface area contributed by atoms with E-state index in [2.05, 4.69) is 0 Å². The van der Waals surface area contributed by atoms with Crippen LogP contribution >= 0.6 is 0 Å². The molecule has 1 saturated carbocycles. The molecular weight excluding hydrogens is 332 g/mol. The first-order chi connectivity index (χ1) is 12.1. The fourth-order valence-electron chi connectivity index (χ4n) is 4.18. The Morgan fingerprint density at radius 3 is 2.19 bits per heavy atom. The third-order valence-electron chi connectivity index (χ3n) is 5.90. The van der Waals surface area contributed by atoms with Crippen molar-refractivity contribution in [1.82, 2.24) is 4.90 Å². The number of rotatable bonds is 4. The summed E-state index contributed by atoms with van der Waals surface area (Å²) in [6.07, 6.45) is 7.04. The maximum Gasteiger partial charge on any atom is 0.410 e. The smallest absolute Gasteiger partial charge is 0.410 e. The standard InChI is InChI=1S/C20H36N2O4/c1-19(2,3)26-18(24)22-13-8-15(9-14-22)5-10-20(17(23)25-4)11-6-16(21)7-12-20/h15-16H,5-14,21H2,1-4H3. The Labute approximate surface area is 157 Å². The summed E-state index contributed by atoms with van der Waals surface area (Å²) in [7, 11) is 1.48. The van der Waals surface area contributed by atoms with Crippen LogP contribution in [-0.4, -0.2) is 48.8 Å². The van der Waals surface area contributed by atoms with Crippen molar-refractivity contribution in [3.05, 3.63) is 0 Å². The molecule has 0 aromatic heterocycles. The average molecular weight is 369 g/mol. The maximum atomic E-state index is 12.4. The molecule has 2 rings (SSSR count). The van der Waals surface area contributed by atoms with E-state index in [1.165, 1.54) is 7.11 Å². The molecule has 150 valence electrons. The molecule has 26 heavy (non-hydrogen) atoms. The van der Waals surface area contributed by atoms with E-state index in [0.29, 0.717) is 5.92 Å². The minimum atomic E-state index is -0.456. The van der Waals surface area contributed by atoms with Crippen LogP contribution in [-0.2, 0) is 14.3 Å². The number of nitrogens with two attached hydrogens (primary N) is 1. The Morgan fingerprint density at radius 2 is 1.69 bits per heavy atom. The zero-order valence-corrected chi connectivity index (χ0v) is 16.9. The van der Waals surface area contributed by atoms with Crippen molar-refractivity contribution >= 4 is 12.1 Å². The van der Waals surface area contributed by atoms with Gasteiger partial charge in [-0.25, -0.2) is 4.79 Å². The summed E-state index contributed by atoms with van der Waals surface area (Å²) in [6, 6.07) is 0.213. The minimum absolute atomic E-state index is 0.0735. The van der Waals surface area contributed by atoms with Crippen LogP contribution in [0.2, 0.25) is 0 Å². The molecule has 6 nitrogen and oxygen atoms in total. The van der Waals surface area contributed by atoms with E-state index in [-0.39, 0.29) is 23.5 Å². The summed E-state index contributed by atoms with van der Waals surface area (Å²) >= 11 is 0. The number of hydrogen-bond acceptors (Lipinski definition) is 5. The van der Waals surface area contributed by atoms with E-state index in [1.807, 2.05) is 20.8 Å². The summed E-state index contributed by atoms with van der Waals surface area (Å²) in [4.78, 5) is 26.4. The van der Waals surface area contributed by atoms with Gasteiger partial charge in [-0.05, 0) is 78.1 Å². The quantitative estimate of drug-likeness (QED) is 0.768. The zero-order valence-electron chi connectivity index (χ0n) is 16.9. The van der Waals surface area contributed by atoms with Crippen LogP contribution in [0.15, 0.2) is 0 Å². The van der Waals surface area contributed by atoms with Crippen molar-refractivity contribution in [2.24, 2.45) is 17.1 Å². The maximum absolute atomic E-state index is 12.4. The lowest BCUT2D eigenvalue weighted by atomic mass is 9.68. The number of likely N-dealkylation sites (tertiary alicyclic amines) is 1. The van der Waals surface area contributed by atoms with Crippen molar-refractivity contribution in [1.29, 1.82) is 0 Å². The summed E-state index contributed by atoms with van der Waals surface area (Å²) in [5, 5.41) is 0. The van der Waals surface area contributed by atoms with Gasteiger partial charge in [0.25, 0.3) is 0 Å². The van der Waals surface area contributed by atoms with E-state index in [9.17, 15) is 9.59 Å². The number of methoxy groups -OCH3 is 1. The number of hydrogen-bond donors (Lipinski definition) is 1. The van der Waals surface area contributed by atoms with Gasteiger partial charge in [0.1, 0.15) is 5.60 Å². The SMILES string of the molecule is COC(=O)C1(CCC2CCN(C(=O)OC(C)(C)C)CC2)CCC(N)CC1. The highest BCUT2D eigenvalue weighted by Crippen LogP contribution is 2.42. The molecule has 1 aliphatic carbocycles. The third-order valence-corrected chi connectivity index (χ3v) is 5.90. The van der Waals surface area contributed by atoms with E-state index in [1.54, 1.807) is 4.90 Å². The lowest BCUT2D eigenvalue weighted by Crippen LogP contribution is -2.43. The van der Waals surface area contributed by atoms with Gasteiger partial charge in [-0.2, -0.15) is 0 Å². The highest BCUT2D eigenvalue weighted by Gasteiger charge is 2.42. The van der Waals surface area contributed by atoms with E-state index in [0.717, 1.165) is 64.5 Å². The van der Waals surface area contributed by atoms with Gasteiger partial charge in [-0.3, -0.25) is 4.79 Å². The van der Waals surface area contributed by atoms with E-state index < -0.39 is 5.60 Å². The highest BCUT2D eigenvalue weighted by atomic mass is 16.6. The molecule has 2 N–H and O–H groups in total. The molecule has 1 heterocycles. The molecule has 0 atom stereocenters. The molecule has 0 unspecified atom stereocenters. The number of nitrogens with zero attached hydrogens (tertiary/aromatic N) is 1. The second-order valence-corrected chi connectivity index (χ2v) is 9.06. The predicted molar refractivity (Wildman–Crippen MR) is 101 cm³/mol. The molecular formula is C20H36N2O4. The first-order valence-corrected chi connectivity index (χ1v) is 9.97. The highest BCUT2D eigenvalue weighted by molar-refractivity contribution is 5.76. The van der Waals surface area contributed by atoms with E-state index >= 15 is 0 Å². The van der Waals surface area contributed by atoms with Gasteiger partial charge in [0.2, 0.25) is 0 Å². The molecule has 0 aromatic carbocycles. The van der Waals surface area contributed by atoms with Gasteiger partial charge < -0.3 is 20.1 Å². The Bertz CT molecular complexity index is 485. The first-order valence-electron chi connectivity index (χ1n) is 9.97. The van der Waals surface area contributed by atoms with Gasteiger partial charge in [0.15, 0.2) is 0 Å². The summed E-state index contributed by atoms with van der Waals surface area (Å²) in [5.74, 6) is 0.474. The molecule has 1 amide bonds. The van der Waals surface area contributed by atoms with Gasteiger partial charge in [0.05, 0.1) is 12.5 Å². The molecule has 0 bridgehead atoms. The van der Waals surface area contributed by atoms with Crippen LogP contribution in [0.3, 0.4) is 0 Å². The average Bonchev–Trinajstić information content (AvgIpc) is 2.60. The van der Waals surface area contributed by atoms with Crippen LogP contribution in [0, 0.1) is 11.3 Å². The van der Waals surface area contributed by atoms with Crippen LogP contribution in [0.4, 0.5) is 4.79 Å². The summed E-state index contributed by atoms with van der Waals surface area (Å²) in [5.41, 5.74) is 5.21. The molecule has 1 aliphatic heterocycles. The molecule has 2 fully saturated rings. The lowest BCUT2D eigenvalue weighted by Gasteiger charge is -2.39. The normalized spacial score (nSPS) is 27.9. The Kier molecular flexibility index (Phi) is 6.94. The van der Waals surface area contributed by atoms with E-state index in [4.69, 9.17) is 15.2 Å². The second kappa shape index (κ2) is 8.59. The van der Waals surface area contributed by atoms with Crippen molar-refractivity contribution < 1.29 is 19.1 Å². The lowest BCUT2D eigenvalue weighted by molar-refractivity contribution is -0.156. The number of piperidine rings is 1. The number of carbonyl (C=O) groups excluding carboxylic acids is 2. The Balaban J connectivity index is 1.83. The summed E-state index contributed by atoms with van der Waals surface area (Å²) in [6.45, 7) is 7.13. The van der Waals surface area contributed by atoms with Gasteiger partial charge in [0, 0.05) is 19.1 Å². The van der Waals surface area contributed by atoms with Crippen molar-refractivity contribution in [3.8, 4) is 0 Å². The second-order valence-electron chi connectivity index (χ2n) is 9.06. The fourth-order valence-corrected chi connectivity index (χ4v) is 4.18. The molecule has 2 aliphatic rings. The van der Waals surface area contributed by atoms with Gasteiger partial charge in [-0.1, -0.05) is 0 Å². The molecule has 0 spiro atoms. The van der Waals surface area contributed by atoms with Gasteiger partial charge >= 0.3 is 12.1 Å². The zero-order chi connectivity index (χ0) is 19.4. The monoisotopic (exact) mass is 368 g/mol. The molecule has 6 heteroatoms. The number of esters is 1. The Hall–Kier alpha value is -1.30. The minimum Gasteiger partial charge on any atom is -0.469 e. The Morgan fingerprint density at radius 1 is 1.12 bits per heavy atom. The first kappa shape index (κ1) is 21.0. The molecule has 0 radical (unpaired) electrons. The fraction of sp³-hybridized carbons (Fsp3) is 0.900. The largest absolute Gasteiger partial charge is 0.469 e. The van der Waals surface area contributed by atoms with Crippen LogP contribution in [0.1, 0.15) is 72.1 Å². The topological polar surface area (TPSA) is 81.9 Å². The molecule has 1 saturated heterocycles. The molecule has 0 aromatic rings.